The van der Waals surface area contributed by atoms with Crippen LogP contribution in [0.25, 0.3) is 0 Å². The van der Waals surface area contributed by atoms with Crippen molar-refractivity contribution in [3.05, 3.63) is 28.8 Å². The highest BCUT2D eigenvalue weighted by molar-refractivity contribution is 6.33. The van der Waals surface area contributed by atoms with E-state index in [0.717, 1.165) is 5.92 Å². The van der Waals surface area contributed by atoms with Gasteiger partial charge in [-0.1, -0.05) is 17.7 Å². The summed E-state index contributed by atoms with van der Waals surface area (Å²) in [6, 6.07) is 5.94. The van der Waals surface area contributed by atoms with Crippen molar-refractivity contribution in [3.8, 4) is 0 Å². The fourth-order valence-electron chi connectivity index (χ4n) is 1.52. The number of ether oxygens (including phenoxy) is 1. The zero-order chi connectivity index (χ0) is 14.5. The highest BCUT2D eigenvalue weighted by Crippen LogP contribution is 2.33. The first-order valence-electron chi connectivity index (χ1n) is 6.47. The van der Waals surface area contributed by atoms with Gasteiger partial charge < -0.3 is 10.5 Å². The van der Waals surface area contributed by atoms with Crippen LogP contribution >= 0.6 is 11.6 Å². The molecule has 1 fully saturated rings. The van der Waals surface area contributed by atoms with Crippen molar-refractivity contribution in [3.63, 3.8) is 0 Å². The van der Waals surface area contributed by atoms with Crippen LogP contribution in [0, 0.1) is 5.92 Å². The van der Waals surface area contributed by atoms with Crippen LogP contribution < -0.4 is 5.73 Å². The van der Waals surface area contributed by atoms with Gasteiger partial charge in [-0.05, 0) is 63.6 Å². The first-order valence-corrected chi connectivity index (χ1v) is 6.85. The minimum Gasteiger partial charge on any atom is -0.462 e. The summed E-state index contributed by atoms with van der Waals surface area (Å²) in [7, 11) is 0. The fourth-order valence-corrected chi connectivity index (χ4v) is 1.64. The second-order valence-corrected chi connectivity index (χ2v) is 6.24. The molecule has 3 nitrogen and oxygen atoms in total. The third-order valence-electron chi connectivity index (χ3n) is 2.68. The number of halogens is 1. The number of rotatable bonds is 3. The summed E-state index contributed by atoms with van der Waals surface area (Å²) in [4.78, 5) is 9.60. The molecule has 0 radical (unpaired) electrons. The quantitative estimate of drug-likeness (QED) is 0.677. The maximum absolute atomic E-state index is 9.60. The Kier molecular flexibility index (Phi) is 5.67. The molecule has 1 aromatic carbocycles. The lowest BCUT2D eigenvalue weighted by Gasteiger charge is -2.14. The summed E-state index contributed by atoms with van der Waals surface area (Å²) in [5, 5.41) is 0.662. The molecule has 2 N–H and O–H groups in total. The molecule has 1 aliphatic rings. The first kappa shape index (κ1) is 15.8. The monoisotopic (exact) mass is 283 g/mol. The summed E-state index contributed by atoms with van der Waals surface area (Å²) in [5.74, 6) is 0.908. The minimum absolute atomic E-state index is 0.318. The molecule has 0 atom stereocenters. The maximum Gasteiger partial charge on any atom is 0.293 e. The van der Waals surface area contributed by atoms with E-state index in [4.69, 9.17) is 17.3 Å². The first-order chi connectivity index (χ1) is 8.81. The molecule has 0 unspecified atom stereocenters. The van der Waals surface area contributed by atoms with E-state index in [9.17, 15) is 4.79 Å². The Morgan fingerprint density at radius 2 is 2.05 bits per heavy atom. The largest absolute Gasteiger partial charge is 0.462 e. The molecule has 0 spiro atoms. The van der Waals surface area contributed by atoms with E-state index in [-0.39, 0.29) is 5.60 Å². The summed E-state index contributed by atoms with van der Waals surface area (Å²) in [5.41, 5.74) is 7.39. The van der Waals surface area contributed by atoms with Gasteiger partial charge in [-0.25, -0.2) is 0 Å². The van der Waals surface area contributed by atoms with Gasteiger partial charge in [-0.3, -0.25) is 4.79 Å². The van der Waals surface area contributed by atoms with Crippen LogP contribution in [-0.2, 0) is 16.0 Å². The summed E-state index contributed by atoms with van der Waals surface area (Å²) >= 11 is 5.81. The number of hydrogen-bond donors (Lipinski definition) is 1. The van der Waals surface area contributed by atoms with Crippen molar-refractivity contribution in [1.29, 1.82) is 0 Å². The zero-order valence-corrected chi connectivity index (χ0v) is 12.5. The van der Waals surface area contributed by atoms with E-state index in [1.165, 1.54) is 24.8 Å². The Labute approximate surface area is 120 Å². The molecule has 4 heteroatoms. The molecule has 0 amide bonds. The molecule has 0 saturated heterocycles. The SMILES string of the molecule is CC(C)(C)OC=O.Nc1cc(CC2CC2)ccc1Cl. The van der Waals surface area contributed by atoms with Crippen LogP contribution in [0.3, 0.4) is 0 Å². The predicted molar refractivity (Wildman–Crippen MR) is 79.2 cm³/mol. The number of benzene rings is 1. The molecule has 1 saturated carbocycles. The molecule has 0 heterocycles. The van der Waals surface area contributed by atoms with Crippen LogP contribution in [0.5, 0.6) is 0 Å². The van der Waals surface area contributed by atoms with E-state index < -0.39 is 0 Å². The molecule has 19 heavy (non-hydrogen) atoms. The highest BCUT2D eigenvalue weighted by atomic mass is 35.5. The van der Waals surface area contributed by atoms with Crippen molar-refractivity contribution < 1.29 is 9.53 Å². The van der Waals surface area contributed by atoms with Gasteiger partial charge in [0.1, 0.15) is 5.60 Å². The number of nitrogens with two attached hydrogens (primary N) is 1. The summed E-state index contributed by atoms with van der Waals surface area (Å²) < 4.78 is 4.55. The van der Waals surface area contributed by atoms with Crippen LogP contribution in [0.15, 0.2) is 18.2 Å². The van der Waals surface area contributed by atoms with E-state index in [1.807, 2.05) is 32.9 Å². The molecule has 0 aliphatic heterocycles. The molecule has 1 aromatic rings. The topological polar surface area (TPSA) is 52.3 Å². The Bertz CT molecular complexity index is 423. The Morgan fingerprint density at radius 1 is 1.42 bits per heavy atom. The van der Waals surface area contributed by atoms with Gasteiger partial charge in [0, 0.05) is 0 Å². The Morgan fingerprint density at radius 3 is 2.42 bits per heavy atom. The van der Waals surface area contributed by atoms with Crippen molar-refractivity contribution >= 4 is 23.8 Å². The highest BCUT2D eigenvalue weighted by Gasteiger charge is 2.21. The van der Waals surface area contributed by atoms with Crippen molar-refractivity contribution in [2.45, 2.75) is 45.6 Å². The molecule has 1 aliphatic carbocycles. The molecule has 0 bridgehead atoms. The Hall–Kier alpha value is -1.22. The van der Waals surface area contributed by atoms with E-state index >= 15 is 0 Å². The molecular formula is C15H22ClNO2. The molecule has 2 rings (SSSR count). The zero-order valence-electron chi connectivity index (χ0n) is 11.8. The third-order valence-corrected chi connectivity index (χ3v) is 3.03. The van der Waals surface area contributed by atoms with Gasteiger partial charge in [0.25, 0.3) is 6.47 Å². The van der Waals surface area contributed by atoms with Gasteiger partial charge in [-0.2, -0.15) is 0 Å². The van der Waals surface area contributed by atoms with Crippen LogP contribution in [0.1, 0.15) is 39.2 Å². The van der Waals surface area contributed by atoms with Crippen molar-refractivity contribution in [1.82, 2.24) is 0 Å². The number of anilines is 1. The second-order valence-electron chi connectivity index (χ2n) is 5.83. The number of carbonyl (C=O) groups excluding carboxylic acids is 1. The van der Waals surface area contributed by atoms with Gasteiger partial charge in [0.15, 0.2) is 0 Å². The maximum atomic E-state index is 9.60. The molecular weight excluding hydrogens is 262 g/mol. The normalized spacial score (nSPS) is 14.3. The lowest BCUT2D eigenvalue weighted by atomic mass is 10.1. The van der Waals surface area contributed by atoms with E-state index in [1.54, 1.807) is 0 Å². The van der Waals surface area contributed by atoms with Gasteiger partial charge >= 0.3 is 0 Å². The van der Waals surface area contributed by atoms with Gasteiger partial charge in [0.05, 0.1) is 10.7 Å². The van der Waals surface area contributed by atoms with E-state index in [0.29, 0.717) is 17.2 Å². The second kappa shape index (κ2) is 6.80. The molecule has 0 aromatic heterocycles. The lowest BCUT2D eigenvalue weighted by Crippen LogP contribution is -2.17. The number of hydrogen-bond acceptors (Lipinski definition) is 3. The number of nitrogen functional groups attached to an aromatic ring is 1. The smallest absolute Gasteiger partial charge is 0.293 e. The lowest BCUT2D eigenvalue weighted by molar-refractivity contribution is -0.138. The standard InChI is InChI=1S/C10H12ClN.C5H10O2/c11-9-4-3-8(6-10(9)12)5-7-1-2-7;1-5(2,3)7-4-6/h3-4,6-7H,1-2,5,12H2;4H,1-3H3. The predicted octanol–water partition coefficient (Wildman–Crippen LogP) is 3.83. The van der Waals surface area contributed by atoms with Gasteiger partial charge in [-0.15, -0.1) is 0 Å². The van der Waals surface area contributed by atoms with Crippen molar-refractivity contribution in [2.24, 2.45) is 5.92 Å². The van der Waals surface area contributed by atoms with E-state index in [2.05, 4.69) is 10.8 Å². The Balaban J connectivity index is 0.000000224. The van der Waals surface area contributed by atoms with Crippen LogP contribution in [0.2, 0.25) is 5.02 Å². The van der Waals surface area contributed by atoms with Crippen LogP contribution in [-0.4, -0.2) is 12.1 Å². The average Bonchev–Trinajstić information content (AvgIpc) is 3.07. The summed E-state index contributed by atoms with van der Waals surface area (Å²) in [6.45, 7) is 5.92. The average molecular weight is 284 g/mol. The third kappa shape index (κ3) is 7.06. The van der Waals surface area contributed by atoms with Crippen molar-refractivity contribution in [2.75, 3.05) is 5.73 Å². The fraction of sp³-hybridized carbons (Fsp3) is 0.533. The summed E-state index contributed by atoms with van der Waals surface area (Å²) in [6.07, 6.45) is 3.92. The molecule has 106 valence electrons. The van der Waals surface area contributed by atoms with Gasteiger partial charge in [0.2, 0.25) is 0 Å². The minimum atomic E-state index is -0.318. The van der Waals surface area contributed by atoms with Crippen LogP contribution in [0.4, 0.5) is 5.69 Å². The number of carbonyl (C=O) groups is 1.